The Morgan fingerprint density at radius 1 is 1.50 bits per heavy atom. The highest BCUT2D eigenvalue weighted by Gasteiger charge is 2.38. The van der Waals surface area contributed by atoms with Crippen molar-refractivity contribution in [2.45, 2.75) is 57.6 Å². The second kappa shape index (κ2) is 6.58. The molecule has 0 amide bonds. The van der Waals surface area contributed by atoms with Crippen molar-refractivity contribution in [3.63, 3.8) is 0 Å². The van der Waals surface area contributed by atoms with E-state index in [1.54, 1.807) is 7.11 Å². The molecule has 3 unspecified atom stereocenters. The number of ether oxygens (including phenoxy) is 1. The van der Waals surface area contributed by atoms with Crippen molar-refractivity contribution < 1.29 is 4.74 Å². The highest BCUT2D eigenvalue weighted by atomic mass is 16.5. The number of nitrogens with one attached hydrogen (secondary N) is 1. The van der Waals surface area contributed by atoms with Gasteiger partial charge in [-0.15, -0.1) is 0 Å². The van der Waals surface area contributed by atoms with Gasteiger partial charge in [-0.1, -0.05) is 26.2 Å². The van der Waals surface area contributed by atoms with Crippen LogP contribution in [0, 0.1) is 5.92 Å². The summed E-state index contributed by atoms with van der Waals surface area (Å²) in [6.07, 6.45) is 6.71. The average molecular weight is 228 g/mol. The quantitative estimate of drug-likeness (QED) is 0.730. The second-order valence-electron chi connectivity index (χ2n) is 5.14. The van der Waals surface area contributed by atoms with Crippen LogP contribution in [-0.2, 0) is 4.74 Å². The van der Waals surface area contributed by atoms with Crippen molar-refractivity contribution in [1.29, 1.82) is 0 Å². The van der Waals surface area contributed by atoms with Crippen LogP contribution in [0.1, 0.15) is 46.0 Å². The smallest absolute Gasteiger partial charge is 0.0667 e. The Kier molecular flexibility index (Phi) is 5.73. The van der Waals surface area contributed by atoms with Crippen LogP contribution in [0.5, 0.6) is 0 Å². The summed E-state index contributed by atoms with van der Waals surface area (Å²) in [4.78, 5) is 0. The Labute approximate surface area is 100 Å². The van der Waals surface area contributed by atoms with Crippen LogP contribution in [-0.4, -0.2) is 31.8 Å². The van der Waals surface area contributed by atoms with Gasteiger partial charge in [-0.2, -0.15) is 0 Å². The zero-order valence-electron chi connectivity index (χ0n) is 11.1. The average Bonchev–Trinajstić information content (AvgIpc) is 2.36. The Morgan fingerprint density at radius 2 is 2.25 bits per heavy atom. The van der Waals surface area contributed by atoms with E-state index in [-0.39, 0.29) is 11.6 Å². The van der Waals surface area contributed by atoms with E-state index in [4.69, 9.17) is 10.5 Å². The lowest BCUT2D eigenvalue weighted by Gasteiger charge is -2.44. The van der Waals surface area contributed by atoms with Crippen molar-refractivity contribution in [1.82, 2.24) is 5.32 Å². The SMILES string of the molecule is CCC1CCCCC1(CN)NCC(C)OC. The molecular formula is C13H28N2O. The van der Waals surface area contributed by atoms with E-state index in [1.165, 1.54) is 32.1 Å². The van der Waals surface area contributed by atoms with Gasteiger partial charge in [0.05, 0.1) is 6.10 Å². The summed E-state index contributed by atoms with van der Waals surface area (Å²) in [5.41, 5.74) is 6.20. The van der Waals surface area contributed by atoms with Crippen LogP contribution in [0.3, 0.4) is 0 Å². The van der Waals surface area contributed by atoms with Gasteiger partial charge >= 0.3 is 0 Å². The molecule has 0 aromatic heterocycles. The molecule has 16 heavy (non-hydrogen) atoms. The number of hydrogen-bond donors (Lipinski definition) is 2. The fraction of sp³-hybridized carbons (Fsp3) is 1.00. The molecule has 0 bridgehead atoms. The lowest BCUT2D eigenvalue weighted by atomic mass is 9.71. The maximum absolute atomic E-state index is 6.03. The van der Waals surface area contributed by atoms with Gasteiger partial charge in [-0.25, -0.2) is 0 Å². The predicted molar refractivity (Wildman–Crippen MR) is 68.5 cm³/mol. The highest BCUT2D eigenvalue weighted by molar-refractivity contribution is 4.97. The van der Waals surface area contributed by atoms with Crippen molar-refractivity contribution in [2.24, 2.45) is 11.7 Å². The van der Waals surface area contributed by atoms with Gasteiger partial charge in [0, 0.05) is 25.7 Å². The Morgan fingerprint density at radius 3 is 2.81 bits per heavy atom. The van der Waals surface area contributed by atoms with E-state index >= 15 is 0 Å². The van der Waals surface area contributed by atoms with E-state index in [1.807, 2.05) is 0 Å². The first kappa shape index (κ1) is 13.9. The topological polar surface area (TPSA) is 47.3 Å². The minimum absolute atomic E-state index is 0.166. The Balaban J connectivity index is 2.58. The monoisotopic (exact) mass is 228 g/mol. The number of methoxy groups -OCH3 is 1. The molecular weight excluding hydrogens is 200 g/mol. The first-order valence-corrected chi connectivity index (χ1v) is 6.66. The summed E-state index contributed by atoms with van der Waals surface area (Å²) in [6.45, 7) is 6.04. The fourth-order valence-corrected chi connectivity index (χ4v) is 2.91. The van der Waals surface area contributed by atoms with Gasteiger partial charge in [-0.05, 0) is 25.7 Å². The molecule has 0 heterocycles. The maximum Gasteiger partial charge on any atom is 0.0667 e. The molecule has 1 rings (SSSR count). The van der Waals surface area contributed by atoms with E-state index in [0.29, 0.717) is 0 Å². The van der Waals surface area contributed by atoms with Crippen molar-refractivity contribution in [3.05, 3.63) is 0 Å². The summed E-state index contributed by atoms with van der Waals surface area (Å²) in [7, 11) is 1.76. The molecule has 0 aromatic rings. The number of hydrogen-bond acceptors (Lipinski definition) is 3. The zero-order chi connectivity index (χ0) is 12.0. The largest absolute Gasteiger partial charge is 0.380 e. The minimum atomic E-state index is 0.166. The van der Waals surface area contributed by atoms with Crippen LogP contribution in [0.2, 0.25) is 0 Å². The van der Waals surface area contributed by atoms with Gasteiger partial charge < -0.3 is 15.8 Å². The first-order chi connectivity index (χ1) is 7.68. The lowest BCUT2D eigenvalue weighted by molar-refractivity contribution is 0.0826. The molecule has 96 valence electrons. The van der Waals surface area contributed by atoms with Gasteiger partial charge in [0.25, 0.3) is 0 Å². The molecule has 0 radical (unpaired) electrons. The number of rotatable bonds is 6. The third-order valence-corrected chi connectivity index (χ3v) is 4.21. The normalized spacial score (nSPS) is 32.6. The van der Waals surface area contributed by atoms with E-state index in [0.717, 1.165) is 19.0 Å². The van der Waals surface area contributed by atoms with Crippen LogP contribution in [0.25, 0.3) is 0 Å². The third kappa shape index (κ3) is 3.19. The summed E-state index contributed by atoms with van der Waals surface area (Å²) in [5, 5.41) is 3.69. The minimum Gasteiger partial charge on any atom is -0.380 e. The Bertz CT molecular complexity index is 198. The molecule has 0 aromatic carbocycles. The fourth-order valence-electron chi connectivity index (χ4n) is 2.91. The first-order valence-electron chi connectivity index (χ1n) is 6.66. The molecule has 0 spiro atoms. The molecule has 3 nitrogen and oxygen atoms in total. The van der Waals surface area contributed by atoms with Crippen LogP contribution in [0.4, 0.5) is 0 Å². The van der Waals surface area contributed by atoms with Crippen molar-refractivity contribution in [2.75, 3.05) is 20.2 Å². The third-order valence-electron chi connectivity index (χ3n) is 4.21. The van der Waals surface area contributed by atoms with Crippen LogP contribution >= 0.6 is 0 Å². The predicted octanol–water partition coefficient (Wildman–Crippen LogP) is 1.91. The lowest BCUT2D eigenvalue weighted by Crippen LogP contribution is -2.59. The van der Waals surface area contributed by atoms with E-state index < -0.39 is 0 Å². The van der Waals surface area contributed by atoms with Crippen LogP contribution < -0.4 is 11.1 Å². The standard InChI is InChI=1S/C13H28N2O/c1-4-12-7-5-6-8-13(12,10-14)15-9-11(2)16-3/h11-12,15H,4-10,14H2,1-3H3. The maximum atomic E-state index is 6.03. The number of nitrogens with two attached hydrogens (primary N) is 1. The molecule has 1 aliphatic carbocycles. The molecule has 1 fully saturated rings. The molecule has 1 aliphatic rings. The highest BCUT2D eigenvalue weighted by Crippen LogP contribution is 2.35. The Hall–Kier alpha value is -0.120. The van der Waals surface area contributed by atoms with Gasteiger partial charge in [0.1, 0.15) is 0 Å². The van der Waals surface area contributed by atoms with Crippen molar-refractivity contribution in [3.8, 4) is 0 Å². The molecule has 1 saturated carbocycles. The molecule has 3 N–H and O–H groups in total. The summed E-state index contributed by atoms with van der Waals surface area (Å²) >= 11 is 0. The summed E-state index contributed by atoms with van der Waals surface area (Å²) in [6, 6.07) is 0. The van der Waals surface area contributed by atoms with E-state index in [9.17, 15) is 0 Å². The van der Waals surface area contributed by atoms with Crippen LogP contribution in [0.15, 0.2) is 0 Å². The second-order valence-corrected chi connectivity index (χ2v) is 5.14. The van der Waals surface area contributed by atoms with Gasteiger partial charge in [-0.3, -0.25) is 0 Å². The molecule has 3 atom stereocenters. The van der Waals surface area contributed by atoms with Crippen molar-refractivity contribution >= 4 is 0 Å². The van der Waals surface area contributed by atoms with Gasteiger partial charge in [0.2, 0.25) is 0 Å². The molecule has 3 heteroatoms. The summed E-state index contributed by atoms with van der Waals surface area (Å²) in [5.74, 6) is 0.732. The van der Waals surface area contributed by atoms with Gasteiger partial charge in [0.15, 0.2) is 0 Å². The molecule has 0 saturated heterocycles. The van der Waals surface area contributed by atoms with E-state index in [2.05, 4.69) is 19.2 Å². The zero-order valence-corrected chi connectivity index (χ0v) is 11.1. The molecule has 0 aliphatic heterocycles. The summed E-state index contributed by atoms with van der Waals surface area (Å²) < 4.78 is 5.30.